The van der Waals surface area contributed by atoms with Gasteiger partial charge in [-0.1, -0.05) is 47.6 Å². The van der Waals surface area contributed by atoms with Gasteiger partial charge in [0.15, 0.2) is 11.0 Å². The minimum Gasteiger partial charge on any atom is -0.326 e. The molecule has 0 fully saturated rings. The van der Waals surface area contributed by atoms with Crippen LogP contribution in [0.1, 0.15) is 6.92 Å². The van der Waals surface area contributed by atoms with Crippen LogP contribution in [-0.4, -0.2) is 32.3 Å². The van der Waals surface area contributed by atoms with Gasteiger partial charge in [-0.3, -0.25) is 14.2 Å². The van der Waals surface area contributed by atoms with E-state index in [9.17, 15) is 9.59 Å². The third kappa shape index (κ3) is 5.79. The van der Waals surface area contributed by atoms with Gasteiger partial charge >= 0.3 is 0 Å². The summed E-state index contributed by atoms with van der Waals surface area (Å²) in [6, 6.07) is 24.1. The number of hydrogen-bond acceptors (Lipinski definition) is 5. The van der Waals surface area contributed by atoms with E-state index < -0.39 is 0 Å². The molecule has 1 heterocycles. The lowest BCUT2D eigenvalue weighted by Gasteiger charge is -2.11. The molecule has 0 aliphatic rings. The lowest BCUT2D eigenvalue weighted by atomic mass is 10.2. The standard InChI is InChI=1S/C24H20ClN5O2S/c1-16(31)26-19-12-10-17(11-13-19)23-28-29-24(30(23)21-8-3-2-4-9-21)33-15-22(32)27-20-7-5-6-18(25)14-20/h2-14H,15H2,1H3,(H,26,31)(H,27,32). The number of nitrogens with zero attached hydrogens (tertiary/aromatic N) is 3. The zero-order valence-corrected chi connectivity index (χ0v) is 19.2. The zero-order valence-electron chi connectivity index (χ0n) is 17.7. The van der Waals surface area contributed by atoms with Gasteiger partial charge in [-0.25, -0.2) is 0 Å². The smallest absolute Gasteiger partial charge is 0.234 e. The lowest BCUT2D eigenvalue weighted by Crippen LogP contribution is -2.14. The van der Waals surface area contributed by atoms with Crippen molar-refractivity contribution in [1.29, 1.82) is 0 Å². The molecule has 7 nitrogen and oxygen atoms in total. The van der Waals surface area contributed by atoms with E-state index in [4.69, 9.17) is 11.6 Å². The summed E-state index contributed by atoms with van der Waals surface area (Å²) in [6.45, 7) is 1.46. The maximum Gasteiger partial charge on any atom is 0.234 e. The SMILES string of the molecule is CC(=O)Nc1ccc(-c2nnc(SCC(=O)Nc3cccc(Cl)c3)n2-c2ccccc2)cc1. The fourth-order valence-electron chi connectivity index (χ4n) is 3.16. The number of carbonyl (C=O) groups excluding carboxylic acids is 2. The summed E-state index contributed by atoms with van der Waals surface area (Å²) in [5.41, 5.74) is 3.04. The molecule has 0 saturated carbocycles. The number of thioether (sulfide) groups is 1. The van der Waals surface area contributed by atoms with Crippen LogP contribution in [0, 0.1) is 0 Å². The average molecular weight is 478 g/mol. The normalized spacial score (nSPS) is 10.6. The third-order valence-electron chi connectivity index (χ3n) is 4.55. The van der Waals surface area contributed by atoms with Gasteiger partial charge in [0.2, 0.25) is 11.8 Å². The van der Waals surface area contributed by atoms with Crippen LogP contribution in [0.3, 0.4) is 0 Å². The van der Waals surface area contributed by atoms with Gasteiger partial charge in [-0.05, 0) is 54.6 Å². The van der Waals surface area contributed by atoms with E-state index in [2.05, 4.69) is 20.8 Å². The lowest BCUT2D eigenvalue weighted by molar-refractivity contribution is -0.114. The third-order valence-corrected chi connectivity index (χ3v) is 5.72. The summed E-state index contributed by atoms with van der Waals surface area (Å²) in [5.74, 6) is 0.475. The maximum absolute atomic E-state index is 12.5. The summed E-state index contributed by atoms with van der Waals surface area (Å²) in [5, 5.41) is 15.4. The summed E-state index contributed by atoms with van der Waals surface area (Å²) in [6.07, 6.45) is 0. The van der Waals surface area contributed by atoms with E-state index >= 15 is 0 Å². The van der Waals surface area contributed by atoms with Crippen LogP contribution in [0.15, 0.2) is 84.0 Å². The molecule has 0 atom stereocenters. The van der Waals surface area contributed by atoms with Crippen molar-refractivity contribution in [2.45, 2.75) is 12.1 Å². The first-order valence-corrected chi connectivity index (χ1v) is 11.4. The summed E-state index contributed by atoms with van der Waals surface area (Å²) in [7, 11) is 0. The Hall–Kier alpha value is -3.62. The van der Waals surface area contributed by atoms with E-state index in [1.54, 1.807) is 24.3 Å². The number of nitrogens with one attached hydrogen (secondary N) is 2. The van der Waals surface area contributed by atoms with Gasteiger partial charge in [0, 0.05) is 34.6 Å². The highest BCUT2D eigenvalue weighted by Gasteiger charge is 2.17. The molecule has 2 amide bonds. The van der Waals surface area contributed by atoms with Gasteiger partial charge in [0.25, 0.3) is 0 Å². The minimum absolute atomic E-state index is 0.134. The van der Waals surface area contributed by atoms with Crippen LogP contribution in [0.25, 0.3) is 17.1 Å². The molecule has 0 radical (unpaired) electrons. The Morgan fingerprint density at radius 2 is 1.67 bits per heavy atom. The second kappa shape index (κ2) is 10.3. The molecule has 0 saturated heterocycles. The monoisotopic (exact) mass is 477 g/mol. The van der Waals surface area contributed by atoms with Crippen LogP contribution < -0.4 is 10.6 Å². The Labute approximate surface area is 200 Å². The molecule has 33 heavy (non-hydrogen) atoms. The topological polar surface area (TPSA) is 88.9 Å². The molecular weight excluding hydrogens is 458 g/mol. The van der Waals surface area contributed by atoms with Crippen molar-refractivity contribution < 1.29 is 9.59 Å². The van der Waals surface area contributed by atoms with Gasteiger partial charge < -0.3 is 10.6 Å². The molecular formula is C24H20ClN5O2S. The van der Waals surface area contributed by atoms with Gasteiger partial charge in [0.05, 0.1) is 5.75 Å². The van der Waals surface area contributed by atoms with E-state index in [0.29, 0.717) is 27.4 Å². The zero-order chi connectivity index (χ0) is 23.2. The second-order valence-electron chi connectivity index (χ2n) is 7.08. The predicted octanol–water partition coefficient (Wildman–Crippen LogP) is 5.28. The Morgan fingerprint density at radius 3 is 2.36 bits per heavy atom. The van der Waals surface area contributed by atoms with Crippen LogP contribution in [0.5, 0.6) is 0 Å². The minimum atomic E-state index is -0.175. The Bertz CT molecular complexity index is 1280. The van der Waals surface area contributed by atoms with Crippen molar-refractivity contribution in [2.24, 2.45) is 0 Å². The van der Waals surface area contributed by atoms with Crippen molar-refractivity contribution in [3.63, 3.8) is 0 Å². The van der Waals surface area contributed by atoms with Crippen LogP contribution in [-0.2, 0) is 9.59 Å². The summed E-state index contributed by atoms with van der Waals surface area (Å²) >= 11 is 7.27. The van der Waals surface area contributed by atoms with E-state index in [-0.39, 0.29) is 17.6 Å². The van der Waals surface area contributed by atoms with Crippen molar-refractivity contribution in [1.82, 2.24) is 14.8 Å². The fraction of sp³-hybridized carbons (Fsp3) is 0.0833. The molecule has 166 valence electrons. The molecule has 9 heteroatoms. The van der Waals surface area contributed by atoms with Crippen molar-refractivity contribution in [3.8, 4) is 17.1 Å². The molecule has 0 spiro atoms. The van der Waals surface area contributed by atoms with Crippen molar-refractivity contribution in [3.05, 3.63) is 83.9 Å². The average Bonchev–Trinajstić information content (AvgIpc) is 3.22. The predicted molar refractivity (Wildman–Crippen MR) is 132 cm³/mol. The van der Waals surface area contributed by atoms with E-state index in [0.717, 1.165) is 11.3 Å². The first kappa shape index (κ1) is 22.6. The molecule has 4 rings (SSSR count). The number of anilines is 2. The number of aromatic nitrogens is 3. The Morgan fingerprint density at radius 1 is 0.909 bits per heavy atom. The number of carbonyl (C=O) groups is 2. The number of rotatable bonds is 7. The van der Waals surface area contributed by atoms with Gasteiger partial charge in [0.1, 0.15) is 0 Å². The number of halogens is 1. The molecule has 1 aromatic heterocycles. The summed E-state index contributed by atoms with van der Waals surface area (Å²) in [4.78, 5) is 23.8. The first-order valence-electron chi connectivity index (χ1n) is 10.1. The number of benzene rings is 3. The van der Waals surface area contributed by atoms with Crippen LogP contribution in [0.4, 0.5) is 11.4 Å². The molecule has 3 aromatic carbocycles. The van der Waals surface area contributed by atoms with Gasteiger partial charge in [-0.15, -0.1) is 10.2 Å². The Balaban J connectivity index is 1.57. The van der Waals surface area contributed by atoms with E-state index in [1.807, 2.05) is 59.2 Å². The maximum atomic E-state index is 12.5. The van der Waals surface area contributed by atoms with Crippen molar-refractivity contribution in [2.75, 3.05) is 16.4 Å². The van der Waals surface area contributed by atoms with Crippen molar-refractivity contribution >= 4 is 46.6 Å². The summed E-state index contributed by atoms with van der Waals surface area (Å²) < 4.78 is 1.91. The first-order chi connectivity index (χ1) is 16.0. The molecule has 2 N–H and O–H groups in total. The van der Waals surface area contributed by atoms with Crippen LogP contribution >= 0.6 is 23.4 Å². The second-order valence-corrected chi connectivity index (χ2v) is 8.46. The van der Waals surface area contributed by atoms with Gasteiger partial charge in [-0.2, -0.15) is 0 Å². The molecule has 4 aromatic rings. The fourth-order valence-corrected chi connectivity index (χ4v) is 4.10. The number of hydrogen-bond donors (Lipinski definition) is 2. The van der Waals surface area contributed by atoms with Crippen LogP contribution in [0.2, 0.25) is 5.02 Å². The largest absolute Gasteiger partial charge is 0.326 e. The Kier molecular flexibility index (Phi) is 7.07. The molecule has 0 aliphatic heterocycles. The number of para-hydroxylation sites is 1. The molecule has 0 unspecified atom stereocenters. The molecule has 0 bridgehead atoms. The highest BCUT2D eigenvalue weighted by molar-refractivity contribution is 7.99. The highest BCUT2D eigenvalue weighted by atomic mass is 35.5. The quantitative estimate of drug-likeness (QED) is 0.354. The number of amides is 2. The molecule has 0 aliphatic carbocycles. The highest BCUT2D eigenvalue weighted by Crippen LogP contribution is 2.29. The van der Waals surface area contributed by atoms with E-state index in [1.165, 1.54) is 18.7 Å².